The minimum atomic E-state index is 0.0296. The Morgan fingerprint density at radius 1 is 1.50 bits per heavy atom. The van der Waals surface area contributed by atoms with Crippen LogP contribution in [0.2, 0.25) is 0 Å². The summed E-state index contributed by atoms with van der Waals surface area (Å²) < 4.78 is 6.09. The number of nitrogens with one attached hydrogen (secondary N) is 1. The Kier molecular flexibility index (Phi) is 4.09. The topological polar surface area (TPSA) is 81.7 Å². The van der Waals surface area contributed by atoms with Crippen LogP contribution in [0.3, 0.4) is 0 Å². The van der Waals surface area contributed by atoms with E-state index >= 15 is 0 Å². The largest absolute Gasteiger partial charge is 0.271 e. The molecule has 3 rings (SSSR count). The van der Waals surface area contributed by atoms with Gasteiger partial charge in [0.15, 0.2) is 0 Å². The molecule has 1 saturated carbocycles. The molecule has 0 saturated heterocycles. The number of rotatable bonds is 5. The molecule has 0 amide bonds. The first kappa shape index (κ1) is 13.7. The number of nitrogens with zero attached hydrogens (tertiary/aromatic N) is 4. The lowest BCUT2D eigenvalue weighted by Gasteiger charge is -2.13. The summed E-state index contributed by atoms with van der Waals surface area (Å²) in [5.41, 5.74) is 4.85. The summed E-state index contributed by atoms with van der Waals surface area (Å²) in [5, 5.41) is 8.75. The molecule has 6 nitrogen and oxygen atoms in total. The Bertz CT molecular complexity index is 557. The number of hydrogen-bond acceptors (Lipinski definition) is 6. The molecule has 0 bridgehead atoms. The number of aromatic nitrogens is 4. The van der Waals surface area contributed by atoms with Gasteiger partial charge in [-0.25, -0.2) is 0 Å². The van der Waals surface area contributed by atoms with Gasteiger partial charge in [0.05, 0.1) is 28.3 Å². The van der Waals surface area contributed by atoms with Crippen molar-refractivity contribution in [3.63, 3.8) is 0 Å². The van der Waals surface area contributed by atoms with Crippen molar-refractivity contribution in [3.8, 4) is 0 Å². The van der Waals surface area contributed by atoms with Gasteiger partial charge in [-0.15, -0.1) is 5.10 Å². The van der Waals surface area contributed by atoms with Crippen molar-refractivity contribution < 1.29 is 0 Å². The van der Waals surface area contributed by atoms with Gasteiger partial charge in [0.1, 0.15) is 0 Å². The smallest absolute Gasteiger partial charge is 0.0773 e. The number of nitrogens with two attached hydrogens (primary N) is 1. The Balaban J connectivity index is 1.71. The van der Waals surface area contributed by atoms with Crippen LogP contribution in [-0.4, -0.2) is 19.4 Å². The van der Waals surface area contributed by atoms with E-state index in [0.717, 1.165) is 22.7 Å². The van der Waals surface area contributed by atoms with Gasteiger partial charge in [-0.2, -0.15) is 5.10 Å². The van der Waals surface area contributed by atoms with Crippen molar-refractivity contribution in [1.29, 1.82) is 0 Å². The van der Waals surface area contributed by atoms with E-state index < -0.39 is 0 Å². The molecule has 1 aliphatic carbocycles. The second-order valence-corrected chi connectivity index (χ2v) is 6.16. The van der Waals surface area contributed by atoms with Crippen LogP contribution in [-0.2, 0) is 6.42 Å². The van der Waals surface area contributed by atoms with Crippen LogP contribution in [0, 0.1) is 6.92 Å². The zero-order chi connectivity index (χ0) is 13.9. The quantitative estimate of drug-likeness (QED) is 0.650. The maximum atomic E-state index is 5.68. The molecule has 0 aromatic carbocycles. The maximum Gasteiger partial charge on any atom is 0.0773 e. The van der Waals surface area contributed by atoms with E-state index in [-0.39, 0.29) is 6.04 Å². The molecule has 0 aliphatic heterocycles. The van der Waals surface area contributed by atoms with Crippen LogP contribution in [0.25, 0.3) is 0 Å². The standard InChI is InChI=1S/C13H20N6S/c1-9-13(20-18-16-9)12(15-14)8-10-6-7-19(17-10)11-4-2-3-5-11/h6-7,11-12,15H,2-5,8,14H2,1H3. The van der Waals surface area contributed by atoms with Crippen molar-refractivity contribution in [3.05, 3.63) is 28.5 Å². The summed E-state index contributed by atoms with van der Waals surface area (Å²) in [7, 11) is 0. The molecule has 2 heterocycles. The number of hydrogen-bond donors (Lipinski definition) is 2. The highest BCUT2D eigenvalue weighted by Gasteiger charge is 2.20. The third kappa shape index (κ3) is 2.74. The highest BCUT2D eigenvalue weighted by molar-refractivity contribution is 7.05. The number of hydrazine groups is 1. The van der Waals surface area contributed by atoms with Crippen molar-refractivity contribution in [1.82, 2.24) is 24.8 Å². The summed E-state index contributed by atoms with van der Waals surface area (Å²) in [4.78, 5) is 1.09. The summed E-state index contributed by atoms with van der Waals surface area (Å²) in [6, 6.07) is 2.70. The molecule has 0 spiro atoms. The van der Waals surface area contributed by atoms with Crippen molar-refractivity contribution in [2.24, 2.45) is 5.84 Å². The first-order chi connectivity index (χ1) is 9.78. The Morgan fingerprint density at radius 2 is 2.30 bits per heavy atom. The normalized spacial score (nSPS) is 17.7. The highest BCUT2D eigenvalue weighted by Crippen LogP contribution is 2.29. The Hall–Kier alpha value is -1.31. The lowest BCUT2D eigenvalue weighted by atomic mass is 10.1. The van der Waals surface area contributed by atoms with Gasteiger partial charge in [-0.1, -0.05) is 17.3 Å². The highest BCUT2D eigenvalue weighted by atomic mass is 32.1. The van der Waals surface area contributed by atoms with E-state index in [1.165, 1.54) is 37.2 Å². The number of aryl methyl sites for hydroxylation is 1. The van der Waals surface area contributed by atoms with E-state index in [9.17, 15) is 0 Å². The molecular weight excluding hydrogens is 272 g/mol. The molecule has 7 heteroatoms. The van der Waals surface area contributed by atoms with E-state index in [4.69, 9.17) is 10.9 Å². The average Bonchev–Trinajstić information content (AvgIpc) is 3.17. The Labute approximate surface area is 122 Å². The second kappa shape index (κ2) is 5.99. The second-order valence-electron chi connectivity index (χ2n) is 5.37. The van der Waals surface area contributed by atoms with Crippen molar-refractivity contribution in [2.45, 2.75) is 51.1 Å². The first-order valence-corrected chi connectivity index (χ1v) is 7.84. The van der Waals surface area contributed by atoms with Gasteiger partial charge in [0.25, 0.3) is 0 Å². The van der Waals surface area contributed by atoms with E-state index in [1.807, 2.05) is 6.92 Å². The van der Waals surface area contributed by atoms with Gasteiger partial charge in [-0.3, -0.25) is 16.0 Å². The SMILES string of the molecule is Cc1nnsc1C(Cc1ccn(C2CCCC2)n1)NN. The fourth-order valence-corrected chi connectivity index (χ4v) is 3.55. The van der Waals surface area contributed by atoms with Crippen molar-refractivity contribution >= 4 is 11.5 Å². The van der Waals surface area contributed by atoms with Crippen LogP contribution in [0.1, 0.15) is 54.0 Å². The predicted molar refractivity (Wildman–Crippen MR) is 78.1 cm³/mol. The summed E-state index contributed by atoms with van der Waals surface area (Å²) >= 11 is 1.40. The monoisotopic (exact) mass is 292 g/mol. The zero-order valence-corrected chi connectivity index (χ0v) is 12.4. The van der Waals surface area contributed by atoms with Gasteiger partial charge in [-0.05, 0) is 37.4 Å². The fraction of sp³-hybridized carbons (Fsp3) is 0.615. The summed E-state index contributed by atoms with van der Waals surface area (Å²) in [6.07, 6.45) is 7.99. The van der Waals surface area contributed by atoms with Gasteiger partial charge >= 0.3 is 0 Å². The molecule has 3 N–H and O–H groups in total. The molecule has 2 aromatic rings. The molecule has 1 aliphatic rings. The van der Waals surface area contributed by atoms with Gasteiger partial charge < -0.3 is 0 Å². The third-order valence-corrected chi connectivity index (χ3v) is 4.92. The van der Waals surface area contributed by atoms with Crippen LogP contribution >= 0.6 is 11.5 Å². The maximum absolute atomic E-state index is 5.68. The molecule has 20 heavy (non-hydrogen) atoms. The molecular formula is C13H20N6S. The lowest BCUT2D eigenvalue weighted by Crippen LogP contribution is -2.29. The average molecular weight is 292 g/mol. The fourth-order valence-electron chi connectivity index (χ4n) is 2.85. The lowest BCUT2D eigenvalue weighted by molar-refractivity contribution is 0.457. The zero-order valence-electron chi connectivity index (χ0n) is 11.6. The third-order valence-electron chi connectivity index (χ3n) is 3.98. The summed E-state index contributed by atoms with van der Waals surface area (Å²) in [6.45, 7) is 1.96. The van der Waals surface area contributed by atoms with E-state index in [2.05, 4.69) is 32.0 Å². The van der Waals surface area contributed by atoms with E-state index in [0.29, 0.717) is 6.04 Å². The molecule has 2 aromatic heterocycles. The first-order valence-electron chi connectivity index (χ1n) is 7.07. The van der Waals surface area contributed by atoms with Gasteiger partial charge in [0.2, 0.25) is 0 Å². The van der Waals surface area contributed by atoms with Gasteiger partial charge in [0, 0.05) is 12.6 Å². The van der Waals surface area contributed by atoms with Crippen LogP contribution < -0.4 is 11.3 Å². The molecule has 0 radical (unpaired) electrons. The summed E-state index contributed by atoms with van der Waals surface area (Å²) in [5.74, 6) is 5.68. The van der Waals surface area contributed by atoms with E-state index in [1.54, 1.807) is 0 Å². The molecule has 1 fully saturated rings. The Morgan fingerprint density at radius 3 is 2.95 bits per heavy atom. The van der Waals surface area contributed by atoms with Crippen LogP contribution in [0.4, 0.5) is 0 Å². The molecule has 108 valence electrons. The predicted octanol–water partition coefficient (Wildman–Crippen LogP) is 1.91. The minimum absolute atomic E-state index is 0.0296. The van der Waals surface area contributed by atoms with Crippen LogP contribution in [0.15, 0.2) is 12.3 Å². The van der Waals surface area contributed by atoms with Crippen LogP contribution in [0.5, 0.6) is 0 Å². The minimum Gasteiger partial charge on any atom is -0.271 e. The molecule has 1 unspecified atom stereocenters. The van der Waals surface area contributed by atoms with Crippen molar-refractivity contribution in [2.75, 3.05) is 0 Å². The molecule has 1 atom stereocenters.